The molecule has 178 valence electrons. The minimum Gasteiger partial charge on any atom is -0.497 e. The van der Waals surface area contributed by atoms with Crippen LogP contribution >= 0.6 is 23.4 Å². The monoisotopic (exact) mass is 509 g/mol. The van der Waals surface area contributed by atoms with Crippen LogP contribution in [0.4, 0.5) is 4.39 Å². The first kappa shape index (κ1) is 23.2. The Hall–Kier alpha value is -3.56. The summed E-state index contributed by atoms with van der Waals surface area (Å²) in [5.41, 5.74) is 3.08. The smallest absolute Gasteiger partial charge is 0.237 e. The summed E-state index contributed by atoms with van der Waals surface area (Å²) in [4.78, 5) is 12.5. The fourth-order valence-corrected chi connectivity index (χ4v) is 4.85. The van der Waals surface area contributed by atoms with Gasteiger partial charge in [-0.3, -0.25) is 9.20 Å². The van der Waals surface area contributed by atoms with E-state index in [1.807, 2.05) is 57.5 Å². The molecule has 0 fully saturated rings. The van der Waals surface area contributed by atoms with Crippen molar-refractivity contribution in [2.24, 2.45) is 0 Å². The molecule has 1 amide bonds. The molecule has 3 aromatic carbocycles. The number of thioether (sulfide) groups is 1. The Kier molecular flexibility index (Phi) is 6.61. The lowest BCUT2D eigenvalue weighted by molar-refractivity contribution is -0.118. The maximum Gasteiger partial charge on any atom is 0.237 e. The standard InChI is InChI=1S/C25H21ClFN5O2S/c1-34-17-11-9-16(10-12-17)13-28-23(33)15-35-25-30-29-24-31(14-18-19(26)5-4-6-20(18)27)21-7-2-3-8-22(21)32(24)25/h2-12H,13-15H2,1H3,(H,28,33). The third-order valence-electron chi connectivity index (χ3n) is 5.63. The molecular formula is C25H21ClFN5O2S. The second kappa shape index (κ2) is 9.97. The zero-order valence-electron chi connectivity index (χ0n) is 18.7. The van der Waals surface area contributed by atoms with Gasteiger partial charge < -0.3 is 14.6 Å². The minimum absolute atomic E-state index is 0.121. The normalized spacial score (nSPS) is 11.3. The van der Waals surface area contributed by atoms with Crippen LogP contribution in [-0.4, -0.2) is 37.9 Å². The van der Waals surface area contributed by atoms with Crippen LogP contribution < -0.4 is 10.1 Å². The second-order valence-corrected chi connectivity index (χ2v) is 9.16. The van der Waals surface area contributed by atoms with E-state index in [4.69, 9.17) is 16.3 Å². The Balaban J connectivity index is 1.36. The highest BCUT2D eigenvalue weighted by Crippen LogP contribution is 2.28. The Labute approximate surface area is 209 Å². The van der Waals surface area contributed by atoms with Gasteiger partial charge in [0, 0.05) is 17.1 Å². The summed E-state index contributed by atoms with van der Waals surface area (Å²) in [6.07, 6.45) is 0. The van der Waals surface area contributed by atoms with Gasteiger partial charge in [0.05, 0.1) is 30.4 Å². The van der Waals surface area contributed by atoms with E-state index < -0.39 is 0 Å². The predicted octanol–water partition coefficient (Wildman–Crippen LogP) is 4.94. The third kappa shape index (κ3) is 4.69. The van der Waals surface area contributed by atoms with E-state index in [1.54, 1.807) is 19.2 Å². The Morgan fingerprint density at radius 1 is 1.06 bits per heavy atom. The molecule has 0 unspecified atom stereocenters. The molecule has 2 aromatic heterocycles. The molecule has 0 atom stereocenters. The highest BCUT2D eigenvalue weighted by atomic mass is 35.5. The lowest BCUT2D eigenvalue weighted by Gasteiger charge is -2.08. The molecule has 5 aromatic rings. The van der Waals surface area contributed by atoms with Crippen molar-refractivity contribution in [3.05, 3.63) is 88.7 Å². The molecule has 0 aliphatic heterocycles. The fourth-order valence-electron chi connectivity index (χ4n) is 3.85. The summed E-state index contributed by atoms with van der Waals surface area (Å²) in [5.74, 6) is 0.991. The lowest BCUT2D eigenvalue weighted by Crippen LogP contribution is -2.24. The van der Waals surface area contributed by atoms with Gasteiger partial charge in [-0.2, -0.15) is 0 Å². The minimum atomic E-state index is -0.379. The van der Waals surface area contributed by atoms with E-state index in [2.05, 4.69) is 15.5 Å². The number of carbonyl (C=O) groups excluding carboxylic acids is 1. The van der Waals surface area contributed by atoms with Crippen molar-refractivity contribution in [2.45, 2.75) is 18.2 Å². The number of ether oxygens (including phenoxy) is 1. The second-order valence-electron chi connectivity index (χ2n) is 7.81. The first-order valence-corrected chi connectivity index (χ1v) is 12.2. The number of hydrogen-bond acceptors (Lipinski definition) is 5. The number of amides is 1. The average molecular weight is 510 g/mol. The van der Waals surface area contributed by atoms with Crippen LogP contribution in [0.3, 0.4) is 0 Å². The Morgan fingerprint density at radius 3 is 2.57 bits per heavy atom. The molecule has 0 spiro atoms. The van der Waals surface area contributed by atoms with E-state index in [1.165, 1.54) is 17.8 Å². The number of imidazole rings is 1. The van der Waals surface area contributed by atoms with Gasteiger partial charge in [-0.25, -0.2) is 4.39 Å². The number of nitrogens with one attached hydrogen (secondary N) is 1. The van der Waals surface area contributed by atoms with E-state index in [0.717, 1.165) is 22.3 Å². The molecule has 10 heteroatoms. The van der Waals surface area contributed by atoms with Crippen LogP contribution in [0.2, 0.25) is 5.02 Å². The molecule has 5 rings (SSSR count). The van der Waals surface area contributed by atoms with E-state index in [-0.39, 0.29) is 24.0 Å². The SMILES string of the molecule is COc1ccc(CNC(=O)CSc2nnc3n(Cc4c(F)cccc4Cl)c4ccccc4n23)cc1. The number of nitrogens with zero attached hydrogens (tertiary/aromatic N) is 4. The van der Waals surface area contributed by atoms with Crippen molar-refractivity contribution in [1.82, 2.24) is 24.5 Å². The third-order valence-corrected chi connectivity index (χ3v) is 6.91. The van der Waals surface area contributed by atoms with Gasteiger partial charge in [0.25, 0.3) is 0 Å². The van der Waals surface area contributed by atoms with Crippen LogP contribution in [0.1, 0.15) is 11.1 Å². The number of benzene rings is 3. The number of halogens is 2. The van der Waals surface area contributed by atoms with Gasteiger partial charge in [0.1, 0.15) is 11.6 Å². The number of methoxy groups -OCH3 is 1. The quantitative estimate of drug-likeness (QED) is 0.300. The molecule has 35 heavy (non-hydrogen) atoms. The molecule has 1 N–H and O–H groups in total. The van der Waals surface area contributed by atoms with Crippen molar-refractivity contribution in [3.8, 4) is 5.75 Å². The fraction of sp³-hybridized carbons (Fsp3) is 0.160. The number of aromatic nitrogens is 4. The molecule has 0 aliphatic rings. The average Bonchev–Trinajstić information content (AvgIpc) is 3.43. The van der Waals surface area contributed by atoms with Gasteiger partial charge in [-0.1, -0.05) is 53.7 Å². The summed E-state index contributed by atoms with van der Waals surface area (Å²) >= 11 is 7.57. The Bertz CT molecular complexity index is 1500. The molecule has 0 saturated carbocycles. The van der Waals surface area contributed by atoms with Gasteiger partial charge in [-0.05, 0) is 42.0 Å². The zero-order chi connectivity index (χ0) is 24.4. The highest BCUT2D eigenvalue weighted by Gasteiger charge is 2.19. The Morgan fingerprint density at radius 2 is 1.83 bits per heavy atom. The van der Waals surface area contributed by atoms with Gasteiger partial charge >= 0.3 is 0 Å². The molecule has 0 bridgehead atoms. The van der Waals surface area contributed by atoms with E-state index in [9.17, 15) is 9.18 Å². The van der Waals surface area contributed by atoms with E-state index in [0.29, 0.717) is 28.1 Å². The molecule has 0 radical (unpaired) electrons. The zero-order valence-corrected chi connectivity index (χ0v) is 20.3. The van der Waals surface area contributed by atoms with Crippen molar-refractivity contribution in [3.63, 3.8) is 0 Å². The van der Waals surface area contributed by atoms with Crippen LogP contribution in [0, 0.1) is 5.82 Å². The van der Waals surface area contributed by atoms with Crippen LogP contribution in [0.25, 0.3) is 16.8 Å². The predicted molar refractivity (Wildman–Crippen MR) is 135 cm³/mol. The lowest BCUT2D eigenvalue weighted by atomic mass is 10.2. The highest BCUT2D eigenvalue weighted by molar-refractivity contribution is 7.99. The summed E-state index contributed by atoms with van der Waals surface area (Å²) < 4.78 is 23.4. The van der Waals surface area contributed by atoms with Crippen LogP contribution in [-0.2, 0) is 17.9 Å². The van der Waals surface area contributed by atoms with Gasteiger partial charge in [0.15, 0.2) is 5.16 Å². The first-order valence-electron chi connectivity index (χ1n) is 10.8. The number of carbonyl (C=O) groups is 1. The molecule has 0 aliphatic carbocycles. The van der Waals surface area contributed by atoms with Crippen molar-refractivity contribution < 1.29 is 13.9 Å². The van der Waals surface area contributed by atoms with Crippen LogP contribution in [0.15, 0.2) is 71.9 Å². The first-order chi connectivity index (χ1) is 17.0. The number of hydrogen-bond donors (Lipinski definition) is 1. The van der Waals surface area contributed by atoms with Crippen molar-refractivity contribution >= 4 is 46.1 Å². The van der Waals surface area contributed by atoms with Crippen LogP contribution in [0.5, 0.6) is 5.75 Å². The number of fused-ring (bicyclic) bond motifs is 3. The summed E-state index contributed by atoms with van der Waals surface area (Å²) in [5, 5.41) is 12.5. The van der Waals surface area contributed by atoms with Crippen molar-refractivity contribution in [1.29, 1.82) is 0 Å². The summed E-state index contributed by atoms with van der Waals surface area (Å²) in [6.45, 7) is 0.620. The number of para-hydroxylation sites is 2. The summed E-state index contributed by atoms with van der Waals surface area (Å²) in [7, 11) is 1.61. The van der Waals surface area contributed by atoms with E-state index >= 15 is 0 Å². The molecule has 2 heterocycles. The maximum absolute atomic E-state index is 14.5. The largest absolute Gasteiger partial charge is 0.497 e. The van der Waals surface area contributed by atoms with Gasteiger partial charge in [0.2, 0.25) is 11.7 Å². The maximum atomic E-state index is 14.5. The molecule has 7 nitrogen and oxygen atoms in total. The molecular weight excluding hydrogens is 489 g/mol. The molecule has 0 saturated heterocycles. The van der Waals surface area contributed by atoms with Gasteiger partial charge in [-0.15, -0.1) is 10.2 Å². The summed E-state index contributed by atoms with van der Waals surface area (Å²) in [6, 6.07) is 19.9. The number of rotatable bonds is 8. The van der Waals surface area contributed by atoms with Crippen molar-refractivity contribution in [2.75, 3.05) is 12.9 Å². The topological polar surface area (TPSA) is 73.4 Å².